The summed E-state index contributed by atoms with van der Waals surface area (Å²) in [7, 11) is 0. The van der Waals surface area contributed by atoms with Crippen LogP contribution in [0.15, 0.2) is 52.8 Å². The maximum absolute atomic E-state index is 13.0. The molecule has 9 heteroatoms. The highest BCUT2D eigenvalue weighted by Gasteiger charge is 2.55. The molecule has 0 aliphatic carbocycles. The van der Waals surface area contributed by atoms with E-state index in [0.717, 1.165) is 16.0 Å². The van der Waals surface area contributed by atoms with Gasteiger partial charge in [-0.25, -0.2) is 4.90 Å². The molecule has 3 amide bonds. The molecular formula is C20H18ClN5O3. The highest BCUT2D eigenvalue weighted by molar-refractivity contribution is 6.33. The summed E-state index contributed by atoms with van der Waals surface area (Å²) in [6.45, 7) is 3.64. The molecule has 0 unspecified atom stereocenters. The van der Waals surface area contributed by atoms with E-state index in [9.17, 15) is 14.4 Å². The molecule has 0 radical (unpaired) electrons. The lowest BCUT2D eigenvalue weighted by molar-refractivity contribution is -0.123. The molecule has 1 N–H and O–H groups in total. The summed E-state index contributed by atoms with van der Waals surface area (Å²) in [5, 5.41) is 12.1. The minimum Gasteiger partial charge on any atom is -0.323 e. The molecule has 2 heterocycles. The van der Waals surface area contributed by atoms with Crippen molar-refractivity contribution in [1.82, 2.24) is 5.01 Å². The standard InChI is InChI=1S/C20H18ClN5O3/c1-11-7-8-13(9-12(11)2)26-19(28)17-18(20(26)29)25(24-23-17)10-16(27)22-15-6-4-3-5-14(15)21/h3-9,17-18H,10H2,1-2H3,(H,22,27)/t17-,18+/m1/s1. The fraction of sp³-hybridized carbons (Fsp3) is 0.250. The Labute approximate surface area is 172 Å². The number of hydrogen-bond donors (Lipinski definition) is 1. The van der Waals surface area contributed by atoms with Gasteiger partial charge in [-0.1, -0.05) is 35.0 Å². The maximum Gasteiger partial charge on any atom is 0.263 e. The largest absolute Gasteiger partial charge is 0.323 e. The third-order valence-electron chi connectivity index (χ3n) is 5.06. The lowest BCUT2D eigenvalue weighted by Gasteiger charge is -2.20. The Kier molecular flexibility index (Phi) is 4.79. The Morgan fingerprint density at radius 1 is 1.10 bits per heavy atom. The van der Waals surface area contributed by atoms with Crippen LogP contribution in [0.1, 0.15) is 11.1 Å². The van der Waals surface area contributed by atoms with Crippen molar-refractivity contribution in [2.75, 3.05) is 16.8 Å². The van der Waals surface area contributed by atoms with Crippen molar-refractivity contribution in [2.24, 2.45) is 10.3 Å². The lowest BCUT2D eigenvalue weighted by Crippen LogP contribution is -2.43. The molecule has 0 saturated carbocycles. The predicted molar refractivity (Wildman–Crippen MR) is 108 cm³/mol. The third kappa shape index (κ3) is 3.36. The average molecular weight is 412 g/mol. The number of halogens is 1. The van der Waals surface area contributed by atoms with E-state index < -0.39 is 29.8 Å². The Bertz CT molecular complexity index is 1050. The molecule has 2 aromatic rings. The van der Waals surface area contributed by atoms with E-state index in [4.69, 9.17) is 11.6 Å². The van der Waals surface area contributed by atoms with Gasteiger partial charge in [0.15, 0.2) is 12.1 Å². The predicted octanol–water partition coefficient (Wildman–Crippen LogP) is 2.89. The second kappa shape index (κ2) is 7.29. The SMILES string of the molecule is Cc1ccc(N2C(=O)[C@@H]3[C@@H](N=NN3CC(=O)Nc3ccccc3Cl)C2=O)cc1C. The van der Waals surface area contributed by atoms with E-state index in [2.05, 4.69) is 15.7 Å². The number of benzene rings is 2. The Morgan fingerprint density at radius 3 is 2.59 bits per heavy atom. The number of hydrogen-bond acceptors (Lipinski definition) is 6. The van der Waals surface area contributed by atoms with Gasteiger partial charge in [0.1, 0.15) is 6.54 Å². The summed E-state index contributed by atoms with van der Waals surface area (Å²) in [5.74, 6) is -1.30. The Balaban J connectivity index is 1.51. The number of fused-ring (bicyclic) bond motifs is 1. The van der Waals surface area contributed by atoms with E-state index in [1.807, 2.05) is 19.9 Å². The molecule has 8 nitrogen and oxygen atoms in total. The maximum atomic E-state index is 13.0. The van der Waals surface area contributed by atoms with Crippen molar-refractivity contribution >= 4 is 40.7 Å². The normalized spacial score (nSPS) is 20.4. The number of imide groups is 1. The van der Waals surface area contributed by atoms with Gasteiger partial charge in [-0.05, 0) is 49.2 Å². The van der Waals surface area contributed by atoms with Gasteiger partial charge in [-0.15, -0.1) is 0 Å². The zero-order chi connectivity index (χ0) is 20.7. The monoisotopic (exact) mass is 411 g/mol. The number of amides is 3. The molecule has 1 fully saturated rings. The molecule has 2 aliphatic rings. The summed E-state index contributed by atoms with van der Waals surface area (Å²) in [4.78, 5) is 39.3. The molecule has 148 valence electrons. The zero-order valence-electron chi connectivity index (χ0n) is 15.8. The van der Waals surface area contributed by atoms with Gasteiger partial charge in [-0.2, -0.15) is 5.11 Å². The van der Waals surface area contributed by atoms with E-state index in [-0.39, 0.29) is 6.54 Å². The van der Waals surface area contributed by atoms with E-state index in [1.165, 1.54) is 5.01 Å². The Hall–Kier alpha value is -3.26. The first-order valence-corrected chi connectivity index (χ1v) is 9.41. The van der Waals surface area contributed by atoms with Crippen LogP contribution in [0.2, 0.25) is 5.02 Å². The van der Waals surface area contributed by atoms with Gasteiger partial charge in [0.05, 0.1) is 16.4 Å². The quantitative estimate of drug-likeness (QED) is 0.782. The minimum absolute atomic E-state index is 0.227. The number of para-hydroxylation sites is 1. The van der Waals surface area contributed by atoms with Gasteiger partial charge in [0.25, 0.3) is 11.8 Å². The van der Waals surface area contributed by atoms with Gasteiger partial charge in [0.2, 0.25) is 5.91 Å². The molecule has 29 heavy (non-hydrogen) atoms. The molecule has 2 atom stereocenters. The number of anilines is 2. The fourth-order valence-corrected chi connectivity index (χ4v) is 3.56. The molecule has 4 rings (SSSR count). The molecule has 2 aromatic carbocycles. The molecule has 0 spiro atoms. The first-order chi connectivity index (χ1) is 13.9. The van der Waals surface area contributed by atoms with E-state index in [0.29, 0.717) is 16.4 Å². The van der Waals surface area contributed by atoms with Gasteiger partial charge < -0.3 is 5.32 Å². The Morgan fingerprint density at radius 2 is 1.86 bits per heavy atom. The van der Waals surface area contributed by atoms with Crippen LogP contribution in [0.5, 0.6) is 0 Å². The summed E-state index contributed by atoms with van der Waals surface area (Å²) < 4.78 is 0. The van der Waals surface area contributed by atoms with Crippen LogP contribution in [0, 0.1) is 13.8 Å². The number of aryl methyl sites for hydroxylation is 2. The first-order valence-electron chi connectivity index (χ1n) is 9.03. The summed E-state index contributed by atoms with van der Waals surface area (Å²) in [6, 6.07) is 10.3. The fourth-order valence-electron chi connectivity index (χ4n) is 3.37. The summed E-state index contributed by atoms with van der Waals surface area (Å²) >= 11 is 6.05. The second-order valence-corrected chi connectivity index (χ2v) is 7.41. The number of carbonyl (C=O) groups is 3. The van der Waals surface area contributed by atoms with Crippen molar-refractivity contribution in [1.29, 1.82) is 0 Å². The second-order valence-electron chi connectivity index (χ2n) is 7.00. The van der Waals surface area contributed by atoms with E-state index >= 15 is 0 Å². The number of carbonyl (C=O) groups excluding carboxylic acids is 3. The van der Waals surface area contributed by atoms with Crippen molar-refractivity contribution in [3.05, 3.63) is 58.6 Å². The average Bonchev–Trinajstić information content (AvgIpc) is 3.20. The first kappa shape index (κ1) is 19.1. The van der Waals surface area contributed by atoms with Crippen LogP contribution in [-0.2, 0) is 14.4 Å². The van der Waals surface area contributed by atoms with Crippen molar-refractivity contribution in [2.45, 2.75) is 25.9 Å². The van der Waals surface area contributed by atoms with Crippen LogP contribution in [0.3, 0.4) is 0 Å². The molecular weight excluding hydrogens is 394 g/mol. The topological polar surface area (TPSA) is 94.4 Å². The smallest absolute Gasteiger partial charge is 0.263 e. The zero-order valence-corrected chi connectivity index (χ0v) is 16.6. The van der Waals surface area contributed by atoms with Crippen molar-refractivity contribution < 1.29 is 14.4 Å². The lowest BCUT2D eigenvalue weighted by atomic mass is 10.1. The van der Waals surface area contributed by atoms with Crippen molar-refractivity contribution in [3.63, 3.8) is 0 Å². The van der Waals surface area contributed by atoms with E-state index in [1.54, 1.807) is 36.4 Å². The van der Waals surface area contributed by atoms with Gasteiger partial charge in [0, 0.05) is 0 Å². The minimum atomic E-state index is -0.947. The molecule has 1 saturated heterocycles. The highest BCUT2D eigenvalue weighted by atomic mass is 35.5. The van der Waals surface area contributed by atoms with Crippen LogP contribution < -0.4 is 10.2 Å². The van der Waals surface area contributed by atoms with Crippen LogP contribution in [0.4, 0.5) is 11.4 Å². The summed E-state index contributed by atoms with van der Waals surface area (Å²) in [5.41, 5.74) is 2.98. The van der Waals surface area contributed by atoms with Gasteiger partial charge in [-0.3, -0.25) is 19.4 Å². The van der Waals surface area contributed by atoms with Crippen LogP contribution >= 0.6 is 11.6 Å². The van der Waals surface area contributed by atoms with Crippen molar-refractivity contribution in [3.8, 4) is 0 Å². The molecule has 2 aliphatic heterocycles. The van der Waals surface area contributed by atoms with Crippen LogP contribution in [-0.4, -0.2) is 41.4 Å². The number of nitrogens with zero attached hydrogens (tertiary/aromatic N) is 4. The summed E-state index contributed by atoms with van der Waals surface area (Å²) in [6.07, 6.45) is 0. The third-order valence-corrected chi connectivity index (χ3v) is 5.39. The number of nitrogens with one attached hydrogen (secondary N) is 1. The number of rotatable bonds is 4. The highest BCUT2D eigenvalue weighted by Crippen LogP contribution is 2.32. The molecule has 0 bridgehead atoms. The van der Waals surface area contributed by atoms with Gasteiger partial charge >= 0.3 is 0 Å². The van der Waals surface area contributed by atoms with Crippen LogP contribution in [0.25, 0.3) is 0 Å². The molecule has 0 aromatic heterocycles.